The minimum Gasteiger partial charge on any atom is -0.480 e. The van der Waals surface area contributed by atoms with Crippen LogP contribution in [0.3, 0.4) is 0 Å². The summed E-state index contributed by atoms with van der Waals surface area (Å²) in [5.74, 6) is -0.0133. The molecule has 0 aromatic heterocycles. The quantitative estimate of drug-likeness (QED) is 0.394. The van der Waals surface area contributed by atoms with Crippen LogP contribution in [0.4, 0.5) is 0 Å². The van der Waals surface area contributed by atoms with Crippen molar-refractivity contribution >= 4 is 103 Å². The lowest BCUT2D eigenvalue weighted by Gasteiger charge is -2.30. The van der Waals surface area contributed by atoms with Gasteiger partial charge in [0, 0.05) is 31.9 Å². The summed E-state index contributed by atoms with van der Waals surface area (Å²) in [5, 5.41) is 9.55. The molecule has 1 saturated heterocycles. The van der Waals surface area contributed by atoms with E-state index in [-0.39, 0.29) is 0 Å². The van der Waals surface area contributed by atoms with Gasteiger partial charge in [-0.05, 0) is 17.3 Å². The summed E-state index contributed by atoms with van der Waals surface area (Å²) in [4.78, 5) is 10.8. The first-order valence-corrected chi connectivity index (χ1v) is 9.81. The van der Waals surface area contributed by atoms with Gasteiger partial charge >= 0.3 is 5.97 Å². The molecule has 106 valence electrons. The zero-order valence-corrected chi connectivity index (χ0v) is 15.9. The second-order valence-corrected chi connectivity index (χ2v) is 9.28. The number of carbonyl (C=O) groups is 1. The number of aliphatic carboxylic acids is 1. The van der Waals surface area contributed by atoms with E-state index in [0.717, 1.165) is 37.9 Å². The molecule has 0 saturated carbocycles. The highest BCUT2D eigenvalue weighted by atomic mass is 32.2. The van der Waals surface area contributed by atoms with Crippen molar-refractivity contribution in [2.75, 3.05) is 5.75 Å². The standard InChI is InChI=1S/C6H23B12NO2S/c7-14(8)17(18(15(9)10)16(11)12)13-3-5(13)22-2-1-4(19)6(20)21/h4-5H,1-3,7-12,19H2,(H,20,21)/t4-,5?/m0/s1. The van der Waals surface area contributed by atoms with Gasteiger partial charge in [0.25, 0.3) is 0 Å². The molecule has 1 unspecified atom stereocenters. The normalized spacial score (nSPS) is 17.5. The average Bonchev–Trinajstić information content (AvgIpc) is 3.12. The van der Waals surface area contributed by atoms with Crippen LogP contribution in [0.25, 0.3) is 0 Å². The fraction of sp³-hybridized carbons (Fsp3) is 0.833. The van der Waals surface area contributed by atoms with Crippen LogP contribution >= 0.6 is 11.8 Å². The Kier molecular flexibility index (Phi) is 8.57. The molecule has 1 aliphatic rings. The van der Waals surface area contributed by atoms with E-state index in [2.05, 4.69) is 46.4 Å². The molecule has 0 amide bonds. The molecule has 0 aliphatic carbocycles. The van der Waals surface area contributed by atoms with Crippen molar-refractivity contribution in [3.63, 3.8) is 0 Å². The molecule has 0 spiro atoms. The van der Waals surface area contributed by atoms with Gasteiger partial charge < -0.3 is 10.8 Å². The minimum atomic E-state index is -0.882. The Morgan fingerprint density at radius 3 is 2.18 bits per heavy atom. The lowest BCUT2D eigenvalue weighted by Crippen LogP contribution is -2.70. The Morgan fingerprint density at radius 2 is 1.77 bits per heavy atom. The third-order valence-electron chi connectivity index (χ3n) is 5.11. The number of carboxylic acid groups (broad SMARTS) is 1. The maximum atomic E-state index is 10.8. The van der Waals surface area contributed by atoms with Gasteiger partial charge in [-0.1, -0.05) is 6.32 Å². The molecule has 0 aromatic carbocycles. The Balaban J connectivity index is 2.53. The van der Waals surface area contributed by atoms with E-state index in [1.54, 1.807) is 0 Å². The van der Waals surface area contributed by atoms with Crippen LogP contribution in [0.1, 0.15) is 6.42 Å². The summed E-state index contributed by atoms with van der Waals surface area (Å²) in [6, 6.07) is -0.704. The van der Waals surface area contributed by atoms with E-state index in [4.69, 9.17) is 10.8 Å². The van der Waals surface area contributed by atoms with Gasteiger partial charge in [0.1, 0.15) is 12.6 Å². The maximum Gasteiger partial charge on any atom is 0.320 e. The molecule has 3 nitrogen and oxygen atoms in total. The summed E-state index contributed by atoms with van der Waals surface area (Å²) < 4.78 is 0. The SMILES string of the molecule is BB(B)B(B(B)B)B(B(B)B)B1CC1SCC[C@H](N)C(=O)O. The van der Waals surface area contributed by atoms with Crippen molar-refractivity contribution in [2.45, 2.75) is 23.9 Å². The van der Waals surface area contributed by atoms with Gasteiger partial charge in [-0.2, -0.15) is 11.8 Å². The third-order valence-corrected chi connectivity index (χ3v) is 6.55. The molecule has 0 aromatic rings. The third kappa shape index (κ3) is 5.88. The topological polar surface area (TPSA) is 63.3 Å². The fourth-order valence-electron chi connectivity index (χ4n) is 4.14. The summed E-state index contributed by atoms with van der Waals surface area (Å²) in [5.41, 5.74) is 5.58. The summed E-state index contributed by atoms with van der Waals surface area (Å²) in [7, 11) is 14.2. The number of rotatable bonds is 10. The predicted molar refractivity (Wildman–Crippen MR) is 127 cm³/mol. The zero-order chi connectivity index (χ0) is 17.0. The lowest BCUT2D eigenvalue weighted by atomic mass is 8.50. The van der Waals surface area contributed by atoms with Crippen LogP contribution in [-0.4, -0.2) is 113 Å². The van der Waals surface area contributed by atoms with Crippen molar-refractivity contribution in [3.8, 4) is 0 Å². The molecule has 22 heavy (non-hydrogen) atoms. The molecule has 3 N–H and O–H groups in total. The molecule has 2 atom stereocenters. The lowest BCUT2D eigenvalue weighted by molar-refractivity contribution is -0.138. The summed E-state index contributed by atoms with van der Waals surface area (Å²) >= 11 is 1.94. The van der Waals surface area contributed by atoms with Gasteiger partial charge in [-0.25, -0.2) is 0 Å². The molecule has 1 rings (SSSR count). The Labute approximate surface area is 148 Å². The van der Waals surface area contributed by atoms with Gasteiger partial charge in [0.05, 0.1) is 46.4 Å². The first-order valence-electron chi connectivity index (χ1n) is 8.76. The van der Waals surface area contributed by atoms with Crippen molar-refractivity contribution in [3.05, 3.63) is 0 Å². The van der Waals surface area contributed by atoms with Gasteiger partial charge in [0.15, 0.2) is 0 Å². The van der Waals surface area contributed by atoms with Crippen LogP contribution in [0.5, 0.6) is 0 Å². The molecule has 1 aliphatic heterocycles. The zero-order valence-electron chi connectivity index (χ0n) is 15.1. The Bertz CT molecular complexity index is 366. The monoisotopic (exact) mass is 305 g/mol. The van der Waals surface area contributed by atoms with Gasteiger partial charge in [-0.15, -0.1) is 0 Å². The van der Waals surface area contributed by atoms with E-state index < -0.39 is 12.0 Å². The summed E-state index contributed by atoms with van der Waals surface area (Å²) in [6.07, 6.45) is 5.59. The maximum absolute atomic E-state index is 10.8. The molecule has 1 heterocycles. The minimum absolute atomic E-state index is 0.577. The second kappa shape index (κ2) is 9.15. The Morgan fingerprint density at radius 1 is 1.23 bits per heavy atom. The van der Waals surface area contributed by atoms with Crippen molar-refractivity contribution < 1.29 is 9.90 Å². The van der Waals surface area contributed by atoms with E-state index >= 15 is 0 Å². The summed E-state index contributed by atoms with van der Waals surface area (Å²) in [6.45, 7) is 0.806. The molecule has 0 bridgehead atoms. The van der Waals surface area contributed by atoms with Crippen LogP contribution in [0, 0.1) is 0 Å². The molecule has 1 fully saturated rings. The van der Waals surface area contributed by atoms with E-state index in [1.807, 2.05) is 11.8 Å². The van der Waals surface area contributed by atoms with Crippen molar-refractivity contribution in [2.24, 2.45) is 5.73 Å². The van der Waals surface area contributed by atoms with Crippen LogP contribution in [0.15, 0.2) is 0 Å². The van der Waals surface area contributed by atoms with E-state index in [9.17, 15) is 4.79 Å². The van der Waals surface area contributed by atoms with Crippen molar-refractivity contribution in [1.29, 1.82) is 0 Å². The highest BCUT2D eigenvalue weighted by Crippen LogP contribution is 2.37. The van der Waals surface area contributed by atoms with Crippen LogP contribution in [0.2, 0.25) is 6.32 Å². The number of carboxylic acids is 1. The van der Waals surface area contributed by atoms with Crippen LogP contribution < -0.4 is 5.73 Å². The molecular formula is C6H23B12NO2S. The Hall–Kier alpha value is 0.559. The van der Waals surface area contributed by atoms with E-state index in [1.165, 1.54) is 6.32 Å². The smallest absolute Gasteiger partial charge is 0.320 e. The van der Waals surface area contributed by atoms with Gasteiger partial charge in [-0.3, -0.25) is 4.79 Å². The van der Waals surface area contributed by atoms with Crippen LogP contribution in [-0.2, 0) is 4.79 Å². The fourth-order valence-corrected chi connectivity index (χ4v) is 5.62. The van der Waals surface area contributed by atoms with E-state index in [0.29, 0.717) is 18.0 Å². The number of thioether (sulfide) groups is 1. The number of nitrogens with two attached hydrogens (primary N) is 1. The second-order valence-electron chi connectivity index (χ2n) is 7.93. The molecule has 0 radical (unpaired) electrons. The molecule has 16 heteroatoms. The molecular weight excluding hydrogens is 280 g/mol. The highest BCUT2D eigenvalue weighted by Gasteiger charge is 2.52. The predicted octanol–water partition coefficient (Wildman–Crippen LogP) is -7.42. The van der Waals surface area contributed by atoms with Gasteiger partial charge in [0.2, 0.25) is 0 Å². The number of hydrogen-bond acceptors (Lipinski definition) is 3. The first-order chi connectivity index (χ1) is 10.2. The first kappa shape index (κ1) is 20.6. The van der Waals surface area contributed by atoms with Crippen molar-refractivity contribution in [1.82, 2.24) is 0 Å². The number of hydrogen-bond donors (Lipinski definition) is 2. The highest BCUT2D eigenvalue weighted by molar-refractivity contribution is 8.11. The largest absolute Gasteiger partial charge is 0.480 e. The average molecular weight is 303 g/mol.